The van der Waals surface area contributed by atoms with Gasteiger partial charge >= 0.3 is 20.1 Å². The van der Waals surface area contributed by atoms with E-state index in [9.17, 15) is 0 Å². The maximum Gasteiger partial charge on any atom is 3.00 e. The third-order valence-electron chi connectivity index (χ3n) is 13.4. The average Bonchev–Trinajstić information content (AvgIpc) is 3.48. The summed E-state index contributed by atoms with van der Waals surface area (Å²) in [6.07, 6.45) is 5.32. The SMILES string of the molecule is Fc1ccc(-c2c[c-]c(-c3ccccn3)cc2)c(-c2cc(-c3cc(F)ccc3-c3c[c-]c(-c4ccccn4)cc3)cc(-c3ccccc3-c3c[c-]c(-c4ccccn4)cc3-c3ccc(-c4ccccc4)cc3)c2)c1.[Ir+3]. The van der Waals surface area contributed by atoms with Crippen molar-refractivity contribution in [3.8, 4) is 123 Å². The molecule has 12 aromatic rings. The minimum absolute atomic E-state index is 0. The molecule has 9 aromatic carbocycles. The fourth-order valence-corrected chi connectivity index (χ4v) is 9.72. The third-order valence-corrected chi connectivity index (χ3v) is 13.4. The molecule has 0 N–H and O–H groups in total. The molecule has 3 aromatic heterocycles. The van der Waals surface area contributed by atoms with Gasteiger partial charge in [-0.3, -0.25) is 0 Å². The predicted octanol–water partition coefficient (Wildman–Crippen LogP) is 17.9. The molecule has 3 heterocycles. The largest absolute Gasteiger partial charge is 3.00 e. The van der Waals surface area contributed by atoms with E-state index in [-0.39, 0.29) is 31.7 Å². The Morgan fingerprint density at radius 3 is 1.15 bits per heavy atom. The van der Waals surface area contributed by atoms with Crippen LogP contribution < -0.4 is 0 Å². The Balaban J connectivity index is 0.00000602. The van der Waals surface area contributed by atoms with E-state index < -0.39 is 0 Å². The van der Waals surface area contributed by atoms with Crippen molar-refractivity contribution in [1.29, 1.82) is 0 Å². The van der Waals surface area contributed by atoms with Gasteiger partial charge in [0.25, 0.3) is 0 Å². The van der Waals surface area contributed by atoms with Crippen LogP contribution >= 0.6 is 0 Å². The van der Waals surface area contributed by atoms with Gasteiger partial charge in [-0.2, -0.15) is 0 Å². The number of rotatable bonds is 11. The van der Waals surface area contributed by atoms with E-state index in [1.807, 2.05) is 127 Å². The Labute approximate surface area is 449 Å². The van der Waals surface area contributed by atoms with Crippen LogP contribution in [0.5, 0.6) is 0 Å². The normalized spacial score (nSPS) is 11.0. The zero-order valence-corrected chi connectivity index (χ0v) is 42.6. The molecule has 0 spiro atoms. The van der Waals surface area contributed by atoms with Gasteiger partial charge in [-0.25, -0.2) is 8.78 Å². The van der Waals surface area contributed by atoms with Gasteiger partial charge in [0.05, 0.1) is 0 Å². The molecule has 3 nitrogen and oxygen atoms in total. The molecule has 356 valence electrons. The molecule has 0 aliphatic heterocycles. The van der Waals surface area contributed by atoms with E-state index in [0.717, 1.165) is 112 Å². The zero-order valence-electron chi connectivity index (χ0n) is 40.2. The summed E-state index contributed by atoms with van der Waals surface area (Å²) in [6, 6.07) is 87.3. The summed E-state index contributed by atoms with van der Waals surface area (Å²) in [5.74, 6) is -0.766. The van der Waals surface area contributed by atoms with E-state index in [1.54, 1.807) is 30.7 Å². The van der Waals surface area contributed by atoms with E-state index in [0.29, 0.717) is 11.1 Å². The Kier molecular flexibility index (Phi) is 13.9. The van der Waals surface area contributed by atoms with Crippen molar-refractivity contribution in [1.82, 2.24) is 15.0 Å². The fourth-order valence-electron chi connectivity index (χ4n) is 9.72. The molecule has 0 aliphatic carbocycles. The maximum absolute atomic E-state index is 15.9. The Morgan fingerprint density at radius 1 is 0.253 bits per heavy atom. The molecule has 0 bridgehead atoms. The van der Waals surface area contributed by atoms with E-state index in [2.05, 4.69) is 113 Å². The van der Waals surface area contributed by atoms with Crippen molar-refractivity contribution < 1.29 is 28.9 Å². The number of nitrogens with zero attached hydrogens (tertiary/aromatic N) is 3. The molecule has 0 fully saturated rings. The summed E-state index contributed by atoms with van der Waals surface area (Å²) in [5.41, 5.74) is 19.1. The van der Waals surface area contributed by atoms with Gasteiger partial charge in [-0.15, -0.1) is 83.4 Å². The molecule has 0 saturated carbocycles. The quantitative estimate of drug-likeness (QED) is 0.121. The number of benzene rings is 9. The van der Waals surface area contributed by atoms with Gasteiger partial charge in [-0.05, 0) is 128 Å². The van der Waals surface area contributed by atoms with Crippen molar-refractivity contribution in [2.24, 2.45) is 0 Å². The van der Waals surface area contributed by atoms with Gasteiger partial charge in [0.15, 0.2) is 0 Å². The molecule has 0 atom stereocenters. The van der Waals surface area contributed by atoms with Crippen LogP contribution in [0.4, 0.5) is 8.78 Å². The van der Waals surface area contributed by atoms with Crippen LogP contribution in [-0.4, -0.2) is 15.0 Å². The maximum atomic E-state index is 15.9. The fraction of sp³-hybridized carbons (Fsp3) is 0. The van der Waals surface area contributed by atoms with Crippen molar-refractivity contribution in [3.63, 3.8) is 0 Å². The van der Waals surface area contributed by atoms with Gasteiger partial charge in [0.2, 0.25) is 0 Å². The van der Waals surface area contributed by atoms with Gasteiger partial charge in [-0.1, -0.05) is 166 Å². The minimum atomic E-state index is -0.383. The number of halogens is 2. The molecule has 6 heteroatoms. The van der Waals surface area contributed by atoms with E-state index in [1.165, 1.54) is 12.1 Å². The molecule has 75 heavy (non-hydrogen) atoms. The summed E-state index contributed by atoms with van der Waals surface area (Å²) < 4.78 is 31.7. The zero-order chi connectivity index (χ0) is 49.8. The topological polar surface area (TPSA) is 38.7 Å². The smallest absolute Gasteiger partial charge is 0.305 e. The van der Waals surface area contributed by atoms with Crippen LogP contribution in [0.3, 0.4) is 0 Å². The van der Waals surface area contributed by atoms with Crippen molar-refractivity contribution >= 4 is 0 Å². The summed E-state index contributed by atoms with van der Waals surface area (Å²) in [6.45, 7) is 0. The minimum Gasteiger partial charge on any atom is -0.305 e. The first-order valence-electron chi connectivity index (χ1n) is 24.3. The first-order chi connectivity index (χ1) is 36.5. The van der Waals surface area contributed by atoms with Crippen LogP contribution in [0.1, 0.15) is 0 Å². The van der Waals surface area contributed by atoms with Crippen LogP contribution in [0.25, 0.3) is 123 Å². The average molecular weight is 1140 g/mol. The summed E-state index contributed by atoms with van der Waals surface area (Å²) in [4.78, 5) is 13.7. The molecule has 0 amide bonds. The second-order valence-electron chi connectivity index (χ2n) is 18.0. The van der Waals surface area contributed by atoms with Crippen molar-refractivity contribution in [2.75, 3.05) is 0 Å². The molecule has 0 radical (unpaired) electrons. The van der Waals surface area contributed by atoms with Crippen LogP contribution in [0.2, 0.25) is 0 Å². The van der Waals surface area contributed by atoms with E-state index >= 15 is 8.78 Å². The van der Waals surface area contributed by atoms with Crippen LogP contribution in [0, 0.1) is 29.8 Å². The van der Waals surface area contributed by atoms with E-state index in [4.69, 9.17) is 4.98 Å². The molecule has 0 saturated heterocycles. The Bertz CT molecular complexity index is 3780. The summed E-state index contributed by atoms with van der Waals surface area (Å²) in [5, 5.41) is 0. The summed E-state index contributed by atoms with van der Waals surface area (Å²) >= 11 is 0. The second-order valence-corrected chi connectivity index (χ2v) is 18.0. The first-order valence-corrected chi connectivity index (χ1v) is 24.3. The summed E-state index contributed by atoms with van der Waals surface area (Å²) in [7, 11) is 0. The standard InChI is InChI=1S/C69H42F2N3.Ir/c70-57-32-35-60(48-23-27-51(28-24-48)67-16-6-9-37-72-67)65(44-57)55-40-54(41-56(42-55)66-45-58(71)33-36-61(66)49-25-29-52(30-26-49)68-17-7-10-38-73-68)59-14-4-5-15-62(59)63-34-31-53(69-18-8-11-39-74-69)43-64(63)50-21-19-47(20-22-50)46-12-2-1-3-13-46;/h1-27,29,32-45H;/q-3;+3. The van der Waals surface area contributed by atoms with Crippen molar-refractivity contribution in [3.05, 3.63) is 285 Å². The van der Waals surface area contributed by atoms with Gasteiger partial charge in [0.1, 0.15) is 11.6 Å². The monoisotopic (exact) mass is 1140 g/mol. The van der Waals surface area contributed by atoms with Gasteiger partial charge < -0.3 is 15.0 Å². The number of aromatic nitrogens is 3. The Morgan fingerprint density at radius 2 is 0.653 bits per heavy atom. The molecular formula is C69H42F2IrN3. The van der Waals surface area contributed by atoms with Crippen molar-refractivity contribution in [2.45, 2.75) is 0 Å². The van der Waals surface area contributed by atoms with Crippen LogP contribution in [-0.2, 0) is 20.1 Å². The number of pyridine rings is 3. The molecule has 0 unspecified atom stereocenters. The second kappa shape index (κ2) is 21.6. The van der Waals surface area contributed by atoms with Gasteiger partial charge in [0, 0.05) is 18.6 Å². The van der Waals surface area contributed by atoms with Crippen LogP contribution in [0.15, 0.2) is 255 Å². The number of hydrogen-bond acceptors (Lipinski definition) is 3. The third kappa shape index (κ3) is 10.2. The Hall–Kier alpha value is -9.06. The molecule has 12 rings (SSSR count). The predicted molar refractivity (Wildman–Crippen MR) is 296 cm³/mol. The first kappa shape index (κ1) is 48.2. The molecule has 0 aliphatic rings. The number of hydrogen-bond donors (Lipinski definition) is 0. The molecular weight excluding hydrogens is 1100 g/mol.